The van der Waals surface area contributed by atoms with Gasteiger partial charge in [-0.05, 0) is 70.4 Å². The molecule has 27 heavy (non-hydrogen) atoms. The van der Waals surface area contributed by atoms with Crippen molar-refractivity contribution in [2.45, 2.75) is 60.5 Å². The molecule has 146 valence electrons. The van der Waals surface area contributed by atoms with Crippen LogP contribution >= 0.6 is 0 Å². The second-order valence-electron chi connectivity index (χ2n) is 7.37. The summed E-state index contributed by atoms with van der Waals surface area (Å²) in [7, 11) is 0. The van der Waals surface area contributed by atoms with Crippen LogP contribution < -0.4 is 0 Å². The molecule has 0 unspecified atom stereocenters. The Bertz CT molecular complexity index is 827. The fraction of sp³-hybridized carbons (Fsp3) is 0.476. The number of fused-ring (bicyclic) bond motifs is 1. The van der Waals surface area contributed by atoms with Crippen LogP contribution in [-0.2, 0) is 11.2 Å². The summed E-state index contributed by atoms with van der Waals surface area (Å²) in [5, 5.41) is 4.48. The molecular weight excluding hydrogens is 342 g/mol. The summed E-state index contributed by atoms with van der Waals surface area (Å²) in [5.74, 6) is -0.310. The second-order valence-corrected chi connectivity index (χ2v) is 7.37. The zero-order valence-corrected chi connectivity index (χ0v) is 17.3. The molecule has 1 aliphatic heterocycles. The van der Waals surface area contributed by atoms with Crippen LogP contribution in [0.5, 0.6) is 0 Å². The summed E-state index contributed by atoms with van der Waals surface area (Å²) in [6.45, 7) is 13.7. The number of benzene rings is 1. The van der Waals surface area contributed by atoms with E-state index >= 15 is 0 Å². The second kappa shape index (κ2) is 7.94. The predicted octanol–water partition coefficient (Wildman–Crippen LogP) is 4.45. The summed E-state index contributed by atoms with van der Waals surface area (Å²) in [6.07, 6.45) is 1.98. The molecule has 0 bridgehead atoms. The van der Waals surface area contributed by atoms with Crippen molar-refractivity contribution in [1.82, 2.24) is 14.7 Å². The number of hydrogen-bond acceptors (Lipinski definition) is 4. The maximum Gasteiger partial charge on any atom is 0.417 e. The van der Waals surface area contributed by atoms with Gasteiger partial charge in [-0.3, -0.25) is 4.79 Å². The fourth-order valence-corrected chi connectivity index (χ4v) is 2.79. The minimum absolute atomic E-state index is 0.310. The normalized spacial score (nSPS) is 13.6. The van der Waals surface area contributed by atoms with Crippen LogP contribution in [0.3, 0.4) is 0 Å². The molecular formula is C21H29N3O3. The quantitative estimate of drug-likeness (QED) is 0.743. The third-order valence-corrected chi connectivity index (χ3v) is 4.19. The Morgan fingerprint density at radius 1 is 1.19 bits per heavy atom. The van der Waals surface area contributed by atoms with Crippen LogP contribution in [0.15, 0.2) is 24.4 Å². The number of nitrogens with zero attached hydrogens (tertiary/aromatic N) is 3. The summed E-state index contributed by atoms with van der Waals surface area (Å²) in [6, 6.07) is 5.57. The Labute approximate surface area is 161 Å². The first-order valence-electron chi connectivity index (χ1n) is 9.37. The van der Waals surface area contributed by atoms with Crippen LogP contribution in [0.1, 0.15) is 61.8 Å². The smallest absolute Gasteiger partial charge is 0.417 e. The first-order chi connectivity index (χ1) is 12.7. The molecule has 0 radical (unpaired) electrons. The van der Waals surface area contributed by atoms with E-state index in [0.717, 1.165) is 22.5 Å². The standard InChI is InChI=1S/C19H23N3O3.C2H6/c1-12-11-22(20-13(12)2)15-6-7-16-14(10-15)8-9-21(17(16)23)18(24)25-19(3,4)5;1-2/h6-7,10-11H,8-9H2,1-5H3;1-2H3. The number of ether oxygens (including phenoxy) is 1. The van der Waals surface area contributed by atoms with Crippen LogP contribution in [0, 0.1) is 13.8 Å². The number of rotatable bonds is 1. The van der Waals surface area contributed by atoms with Crippen molar-refractivity contribution in [2.24, 2.45) is 0 Å². The van der Waals surface area contributed by atoms with Crippen molar-refractivity contribution in [3.63, 3.8) is 0 Å². The minimum Gasteiger partial charge on any atom is -0.443 e. The van der Waals surface area contributed by atoms with E-state index in [1.807, 2.05) is 50.7 Å². The highest BCUT2D eigenvalue weighted by Crippen LogP contribution is 2.24. The topological polar surface area (TPSA) is 64.4 Å². The largest absolute Gasteiger partial charge is 0.443 e. The average Bonchev–Trinajstić information content (AvgIpc) is 2.94. The molecule has 0 saturated heterocycles. The first-order valence-corrected chi connectivity index (χ1v) is 9.37. The van der Waals surface area contributed by atoms with Crippen molar-refractivity contribution >= 4 is 12.0 Å². The number of aromatic nitrogens is 2. The number of carbonyl (C=O) groups is 2. The zero-order chi connectivity index (χ0) is 20.4. The van der Waals surface area contributed by atoms with Gasteiger partial charge in [-0.2, -0.15) is 5.10 Å². The Morgan fingerprint density at radius 3 is 2.41 bits per heavy atom. The molecule has 2 amide bonds. The van der Waals surface area contributed by atoms with Gasteiger partial charge in [-0.1, -0.05) is 13.8 Å². The van der Waals surface area contributed by atoms with Gasteiger partial charge in [0.15, 0.2) is 0 Å². The van der Waals surface area contributed by atoms with Crippen LogP contribution in [-0.4, -0.2) is 38.8 Å². The molecule has 0 saturated carbocycles. The molecule has 3 rings (SSSR count). The Morgan fingerprint density at radius 2 is 1.85 bits per heavy atom. The lowest BCUT2D eigenvalue weighted by atomic mass is 9.98. The molecule has 0 aliphatic carbocycles. The SMILES string of the molecule is CC.Cc1cn(-c2ccc3c(c2)CCN(C(=O)OC(C)(C)C)C3=O)nc1C. The maximum absolute atomic E-state index is 12.7. The highest BCUT2D eigenvalue weighted by Gasteiger charge is 2.32. The summed E-state index contributed by atoms with van der Waals surface area (Å²) in [5.41, 5.74) is 3.84. The van der Waals surface area contributed by atoms with Gasteiger partial charge in [0.2, 0.25) is 0 Å². The number of amides is 2. The molecule has 1 aromatic carbocycles. The van der Waals surface area contributed by atoms with E-state index in [1.165, 1.54) is 4.90 Å². The minimum atomic E-state index is -0.628. The Kier molecular flexibility index (Phi) is 6.08. The van der Waals surface area contributed by atoms with Gasteiger partial charge in [0.05, 0.1) is 11.4 Å². The van der Waals surface area contributed by atoms with Crippen molar-refractivity contribution < 1.29 is 14.3 Å². The predicted molar refractivity (Wildman–Crippen MR) is 105 cm³/mol. The van der Waals surface area contributed by atoms with Crippen LogP contribution in [0.25, 0.3) is 5.69 Å². The lowest BCUT2D eigenvalue weighted by Gasteiger charge is -2.29. The van der Waals surface area contributed by atoms with E-state index in [4.69, 9.17) is 4.74 Å². The fourth-order valence-electron chi connectivity index (χ4n) is 2.79. The number of hydrogen-bond donors (Lipinski definition) is 0. The van der Waals surface area contributed by atoms with E-state index in [1.54, 1.807) is 26.8 Å². The van der Waals surface area contributed by atoms with Gasteiger partial charge >= 0.3 is 6.09 Å². The molecule has 2 aromatic rings. The van der Waals surface area contributed by atoms with Gasteiger partial charge in [0.25, 0.3) is 5.91 Å². The summed E-state index contributed by atoms with van der Waals surface area (Å²) in [4.78, 5) is 26.1. The molecule has 0 fully saturated rings. The number of carbonyl (C=O) groups excluding carboxylic acids is 2. The van der Waals surface area contributed by atoms with Crippen LogP contribution in [0.2, 0.25) is 0 Å². The van der Waals surface area contributed by atoms with Crippen LogP contribution in [0.4, 0.5) is 4.79 Å². The number of imide groups is 1. The van der Waals surface area contributed by atoms with Gasteiger partial charge in [-0.15, -0.1) is 0 Å². The van der Waals surface area contributed by atoms with E-state index < -0.39 is 11.7 Å². The highest BCUT2D eigenvalue weighted by molar-refractivity contribution is 6.05. The lowest BCUT2D eigenvalue weighted by Crippen LogP contribution is -2.44. The molecule has 0 N–H and O–H groups in total. The molecule has 1 aromatic heterocycles. The van der Waals surface area contributed by atoms with Gasteiger partial charge in [0.1, 0.15) is 5.60 Å². The Hall–Kier alpha value is -2.63. The lowest BCUT2D eigenvalue weighted by molar-refractivity contribution is 0.0233. The highest BCUT2D eigenvalue weighted by atomic mass is 16.6. The average molecular weight is 371 g/mol. The summed E-state index contributed by atoms with van der Waals surface area (Å²) < 4.78 is 7.14. The molecule has 0 atom stereocenters. The van der Waals surface area contributed by atoms with E-state index in [0.29, 0.717) is 18.5 Å². The molecule has 2 heterocycles. The summed E-state index contributed by atoms with van der Waals surface area (Å²) >= 11 is 0. The van der Waals surface area contributed by atoms with E-state index in [2.05, 4.69) is 5.10 Å². The van der Waals surface area contributed by atoms with Crippen molar-refractivity contribution in [3.05, 3.63) is 46.8 Å². The van der Waals surface area contributed by atoms with E-state index in [-0.39, 0.29) is 5.91 Å². The molecule has 6 nitrogen and oxygen atoms in total. The van der Waals surface area contributed by atoms with Crippen molar-refractivity contribution in [1.29, 1.82) is 0 Å². The maximum atomic E-state index is 12.7. The third-order valence-electron chi connectivity index (χ3n) is 4.19. The first kappa shape index (κ1) is 20.7. The van der Waals surface area contributed by atoms with Crippen molar-refractivity contribution in [2.75, 3.05) is 6.54 Å². The van der Waals surface area contributed by atoms with Gasteiger partial charge < -0.3 is 4.74 Å². The van der Waals surface area contributed by atoms with Gasteiger partial charge in [-0.25, -0.2) is 14.4 Å². The monoisotopic (exact) mass is 371 g/mol. The number of aryl methyl sites for hydroxylation is 2. The van der Waals surface area contributed by atoms with Gasteiger partial charge in [0, 0.05) is 18.3 Å². The third kappa shape index (κ3) is 4.56. The van der Waals surface area contributed by atoms with Crippen molar-refractivity contribution in [3.8, 4) is 5.69 Å². The molecule has 1 aliphatic rings. The molecule has 0 spiro atoms. The molecule has 6 heteroatoms. The van der Waals surface area contributed by atoms with E-state index in [9.17, 15) is 9.59 Å². The zero-order valence-electron chi connectivity index (χ0n) is 17.3. The Balaban J connectivity index is 0.00000126.